The first-order valence-corrected chi connectivity index (χ1v) is 12.3. The molecule has 1 aliphatic heterocycles. The molecule has 2 N–H and O–H groups in total. The van der Waals surface area contributed by atoms with E-state index in [-0.39, 0.29) is 5.69 Å². The van der Waals surface area contributed by atoms with E-state index in [1.54, 1.807) is 9.25 Å². The number of hydrogen-bond donors (Lipinski definition) is 2. The third-order valence-corrected chi connectivity index (χ3v) is 6.49. The number of dihydropyridines is 1. The molecule has 0 radical (unpaired) electrons. The second kappa shape index (κ2) is 10.1. The SMILES string of the molecule is CCCCc1cn(-c2ncnn2CCC)c(=O)n1CC1(c2cccc(-c3nnn[nH]3)c2)C=CNC=C1. The predicted octanol–water partition coefficient (Wildman–Crippen LogP) is 2.73. The molecule has 186 valence electrons. The van der Waals surface area contributed by atoms with Crippen LogP contribution in [-0.4, -0.2) is 44.5 Å². The fourth-order valence-electron chi connectivity index (χ4n) is 4.60. The lowest BCUT2D eigenvalue weighted by molar-refractivity contribution is 0.494. The van der Waals surface area contributed by atoms with Crippen LogP contribution in [-0.2, 0) is 24.9 Å². The quantitative estimate of drug-likeness (QED) is 0.353. The highest BCUT2D eigenvalue weighted by Gasteiger charge is 2.31. The number of tetrazole rings is 1. The summed E-state index contributed by atoms with van der Waals surface area (Å²) in [7, 11) is 0. The number of H-pyrrole nitrogens is 1. The first-order chi connectivity index (χ1) is 17.6. The Hall–Kier alpha value is -4.28. The molecule has 0 amide bonds. The van der Waals surface area contributed by atoms with Gasteiger partial charge >= 0.3 is 5.69 Å². The molecule has 3 aromatic heterocycles. The summed E-state index contributed by atoms with van der Waals surface area (Å²) in [4.78, 5) is 18.3. The van der Waals surface area contributed by atoms with Crippen LogP contribution >= 0.6 is 0 Å². The first-order valence-electron chi connectivity index (χ1n) is 12.3. The number of aromatic amines is 1. The third-order valence-electron chi connectivity index (χ3n) is 6.49. The Morgan fingerprint density at radius 3 is 2.72 bits per heavy atom. The summed E-state index contributed by atoms with van der Waals surface area (Å²) < 4.78 is 5.29. The zero-order valence-corrected chi connectivity index (χ0v) is 20.5. The van der Waals surface area contributed by atoms with Gasteiger partial charge < -0.3 is 5.32 Å². The van der Waals surface area contributed by atoms with Crippen LogP contribution in [0.25, 0.3) is 17.3 Å². The molecule has 0 aliphatic carbocycles. The second-order valence-corrected chi connectivity index (χ2v) is 8.95. The van der Waals surface area contributed by atoms with Gasteiger partial charge in [0.1, 0.15) is 6.33 Å². The number of hydrogen-bond acceptors (Lipinski definition) is 7. The molecule has 36 heavy (non-hydrogen) atoms. The highest BCUT2D eigenvalue weighted by Crippen LogP contribution is 2.33. The van der Waals surface area contributed by atoms with Gasteiger partial charge in [0.15, 0.2) is 5.82 Å². The number of unbranched alkanes of at least 4 members (excludes halogenated alkanes) is 1. The lowest BCUT2D eigenvalue weighted by atomic mass is 9.78. The smallest absolute Gasteiger partial charge is 0.335 e. The number of benzene rings is 1. The van der Waals surface area contributed by atoms with Gasteiger partial charge in [-0.3, -0.25) is 4.57 Å². The molecule has 5 rings (SSSR count). The minimum absolute atomic E-state index is 0.123. The van der Waals surface area contributed by atoms with Gasteiger partial charge in [-0.05, 0) is 53.7 Å². The molecule has 11 heteroatoms. The number of rotatable bonds is 10. The van der Waals surface area contributed by atoms with E-state index in [0.29, 0.717) is 24.9 Å². The molecular formula is C25H30N10O. The summed E-state index contributed by atoms with van der Waals surface area (Å²) in [6.45, 7) is 5.36. The van der Waals surface area contributed by atoms with Crippen molar-refractivity contribution in [1.82, 2.24) is 49.8 Å². The topological polar surface area (TPSA) is 124 Å². The average molecular weight is 487 g/mol. The molecule has 0 saturated heterocycles. The minimum Gasteiger partial charge on any atom is -0.368 e. The molecule has 4 heterocycles. The number of aromatic nitrogens is 9. The van der Waals surface area contributed by atoms with E-state index in [2.05, 4.69) is 74.2 Å². The van der Waals surface area contributed by atoms with Crippen LogP contribution in [0.1, 0.15) is 44.4 Å². The van der Waals surface area contributed by atoms with Crippen LogP contribution < -0.4 is 11.0 Å². The molecule has 0 spiro atoms. The average Bonchev–Trinajstić information content (AvgIpc) is 3.66. The van der Waals surface area contributed by atoms with Crippen molar-refractivity contribution < 1.29 is 0 Å². The van der Waals surface area contributed by atoms with E-state index >= 15 is 0 Å². The number of imidazole rings is 1. The van der Waals surface area contributed by atoms with Crippen molar-refractivity contribution in [3.8, 4) is 17.3 Å². The molecular weight excluding hydrogens is 456 g/mol. The van der Waals surface area contributed by atoms with Gasteiger partial charge in [-0.25, -0.2) is 19.1 Å². The molecule has 11 nitrogen and oxygen atoms in total. The van der Waals surface area contributed by atoms with Crippen molar-refractivity contribution in [2.75, 3.05) is 0 Å². The fraction of sp³-hybridized carbons (Fsp3) is 0.360. The van der Waals surface area contributed by atoms with Crippen molar-refractivity contribution >= 4 is 0 Å². The first kappa shape index (κ1) is 23.5. The van der Waals surface area contributed by atoms with Gasteiger partial charge in [-0.15, -0.1) is 5.10 Å². The largest absolute Gasteiger partial charge is 0.368 e. The van der Waals surface area contributed by atoms with Gasteiger partial charge in [-0.1, -0.05) is 50.6 Å². The number of aryl methyl sites for hydroxylation is 2. The van der Waals surface area contributed by atoms with Crippen molar-refractivity contribution in [3.05, 3.63) is 83.1 Å². The summed E-state index contributed by atoms with van der Waals surface area (Å²) in [5.74, 6) is 1.14. The van der Waals surface area contributed by atoms with E-state index < -0.39 is 5.41 Å². The van der Waals surface area contributed by atoms with Crippen LogP contribution in [0, 0.1) is 0 Å². The molecule has 0 unspecified atom stereocenters. The number of nitrogens with zero attached hydrogens (tertiary/aromatic N) is 8. The van der Waals surface area contributed by atoms with Gasteiger partial charge in [-0.2, -0.15) is 10.1 Å². The lowest BCUT2D eigenvalue weighted by Crippen LogP contribution is -2.36. The second-order valence-electron chi connectivity index (χ2n) is 8.95. The van der Waals surface area contributed by atoms with E-state index in [9.17, 15) is 4.79 Å². The maximum atomic E-state index is 13.9. The Morgan fingerprint density at radius 2 is 1.97 bits per heavy atom. The van der Waals surface area contributed by atoms with Crippen LogP contribution in [0.5, 0.6) is 0 Å². The van der Waals surface area contributed by atoms with Gasteiger partial charge in [0.2, 0.25) is 5.95 Å². The third kappa shape index (κ3) is 4.39. The monoisotopic (exact) mass is 486 g/mol. The Balaban J connectivity index is 1.60. The zero-order valence-electron chi connectivity index (χ0n) is 20.5. The molecule has 0 fully saturated rings. The fourth-order valence-corrected chi connectivity index (χ4v) is 4.60. The predicted molar refractivity (Wildman–Crippen MR) is 135 cm³/mol. The molecule has 0 bridgehead atoms. The molecule has 1 aliphatic rings. The van der Waals surface area contributed by atoms with E-state index in [1.807, 2.05) is 35.3 Å². The standard InChI is InChI=1S/C25H30N10O/c1-3-5-9-21-16-33(23-27-18-28-35(23)14-4-2)24(36)34(21)17-25(10-12-26-13-11-25)20-8-6-7-19(15-20)22-29-31-32-30-22/h6-8,10-13,15-16,18,26H,3-5,9,14,17H2,1-2H3,(H,29,30,31,32). The molecule has 4 aromatic rings. The summed E-state index contributed by atoms with van der Waals surface area (Å²) >= 11 is 0. The summed E-state index contributed by atoms with van der Waals surface area (Å²) in [6.07, 6.45) is 15.2. The van der Waals surface area contributed by atoms with Gasteiger partial charge in [0.05, 0.1) is 5.41 Å². The van der Waals surface area contributed by atoms with Crippen LogP contribution in [0.2, 0.25) is 0 Å². The normalized spacial score (nSPS) is 14.3. The Kier molecular flexibility index (Phi) is 6.61. The van der Waals surface area contributed by atoms with Crippen LogP contribution in [0.3, 0.4) is 0 Å². The Labute approximate surface area is 208 Å². The van der Waals surface area contributed by atoms with Crippen LogP contribution in [0.4, 0.5) is 0 Å². The number of allylic oxidation sites excluding steroid dienone is 2. The Morgan fingerprint density at radius 1 is 1.11 bits per heavy atom. The summed E-state index contributed by atoms with van der Waals surface area (Å²) in [5.41, 5.74) is 2.20. The summed E-state index contributed by atoms with van der Waals surface area (Å²) in [6, 6.07) is 8.08. The molecule has 1 aromatic carbocycles. The minimum atomic E-state index is -0.553. The maximum absolute atomic E-state index is 13.9. The van der Waals surface area contributed by atoms with Crippen molar-refractivity contribution in [2.24, 2.45) is 0 Å². The highest BCUT2D eigenvalue weighted by molar-refractivity contribution is 5.57. The van der Waals surface area contributed by atoms with Gasteiger partial charge in [0.25, 0.3) is 0 Å². The number of nitrogens with one attached hydrogen (secondary N) is 2. The maximum Gasteiger partial charge on any atom is 0.335 e. The Bertz CT molecular complexity index is 1410. The van der Waals surface area contributed by atoms with Gasteiger partial charge in [0, 0.05) is 30.5 Å². The van der Waals surface area contributed by atoms with Crippen molar-refractivity contribution in [2.45, 2.75) is 58.0 Å². The van der Waals surface area contributed by atoms with E-state index in [0.717, 1.165) is 42.5 Å². The van der Waals surface area contributed by atoms with E-state index in [1.165, 1.54) is 6.33 Å². The lowest BCUT2D eigenvalue weighted by Gasteiger charge is -2.31. The summed E-state index contributed by atoms with van der Waals surface area (Å²) in [5, 5.41) is 21.8. The highest BCUT2D eigenvalue weighted by atomic mass is 16.2. The van der Waals surface area contributed by atoms with Crippen molar-refractivity contribution in [3.63, 3.8) is 0 Å². The molecule has 0 saturated carbocycles. The van der Waals surface area contributed by atoms with Crippen molar-refractivity contribution in [1.29, 1.82) is 0 Å². The zero-order chi connectivity index (χ0) is 25.0. The molecule has 0 atom stereocenters. The van der Waals surface area contributed by atoms with Crippen LogP contribution in [0.15, 0.2) is 66.1 Å². The van der Waals surface area contributed by atoms with E-state index in [4.69, 9.17) is 0 Å².